The van der Waals surface area contributed by atoms with Gasteiger partial charge >= 0.3 is 5.97 Å². The summed E-state index contributed by atoms with van der Waals surface area (Å²) in [5.74, 6) is -1.63. The molecule has 88 valence electrons. The summed E-state index contributed by atoms with van der Waals surface area (Å²) in [6.07, 6.45) is 1.64. The van der Waals surface area contributed by atoms with Gasteiger partial charge < -0.3 is 9.84 Å². The predicted molar refractivity (Wildman–Crippen MR) is 59.8 cm³/mol. The van der Waals surface area contributed by atoms with E-state index in [0.29, 0.717) is 0 Å². The lowest BCUT2D eigenvalue weighted by Crippen LogP contribution is -2.00. The summed E-state index contributed by atoms with van der Waals surface area (Å²) in [6, 6.07) is 3.38. The van der Waals surface area contributed by atoms with Gasteiger partial charge in [-0.1, -0.05) is 0 Å². The molecule has 0 bridgehead atoms. The number of carboxylic acids is 1. The molecule has 0 atom stereocenters. The summed E-state index contributed by atoms with van der Waals surface area (Å²) >= 11 is 1.41. The van der Waals surface area contributed by atoms with Crippen LogP contribution in [0.25, 0.3) is 0 Å². The number of carbonyl (C=O) groups is 1. The Morgan fingerprint density at radius 2 is 2.29 bits per heavy atom. The van der Waals surface area contributed by atoms with Crippen molar-refractivity contribution in [1.29, 1.82) is 0 Å². The van der Waals surface area contributed by atoms with Crippen molar-refractivity contribution < 1.29 is 19.0 Å². The first-order chi connectivity index (χ1) is 8.15. The van der Waals surface area contributed by atoms with Crippen LogP contribution in [0.5, 0.6) is 5.75 Å². The monoisotopic (exact) mass is 253 g/mol. The minimum atomic E-state index is -1.19. The molecular formula is C11H8FNO3S. The fourth-order valence-corrected chi connectivity index (χ4v) is 1.74. The van der Waals surface area contributed by atoms with Crippen LogP contribution in [0.4, 0.5) is 4.39 Å². The fourth-order valence-electron chi connectivity index (χ4n) is 1.24. The lowest BCUT2D eigenvalue weighted by Gasteiger charge is -2.05. The van der Waals surface area contributed by atoms with E-state index in [1.54, 1.807) is 11.7 Å². The fraction of sp³-hybridized carbons (Fsp3) is 0.0909. The van der Waals surface area contributed by atoms with Gasteiger partial charge in [0.05, 0.1) is 16.0 Å². The number of carboxylic acid groups (broad SMARTS) is 1. The van der Waals surface area contributed by atoms with Crippen LogP contribution in [0.3, 0.4) is 0 Å². The number of benzene rings is 1. The topological polar surface area (TPSA) is 59.4 Å². The molecule has 0 unspecified atom stereocenters. The number of ether oxygens (including phenoxy) is 1. The van der Waals surface area contributed by atoms with Crippen LogP contribution >= 0.6 is 11.3 Å². The van der Waals surface area contributed by atoms with E-state index >= 15 is 0 Å². The molecule has 0 saturated carbocycles. The van der Waals surface area contributed by atoms with Gasteiger partial charge in [-0.05, 0) is 12.1 Å². The molecule has 2 aromatic rings. The van der Waals surface area contributed by atoms with Gasteiger partial charge in [0, 0.05) is 12.3 Å². The molecule has 0 saturated heterocycles. The number of rotatable bonds is 4. The molecule has 6 heteroatoms. The van der Waals surface area contributed by atoms with Crippen molar-refractivity contribution >= 4 is 17.3 Å². The summed E-state index contributed by atoms with van der Waals surface area (Å²) in [4.78, 5) is 15.5. The van der Waals surface area contributed by atoms with Crippen molar-refractivity contribution in [1.82, 2.24) is 4.98 Å². The maximum atomic E-state index is 13.1. The number of halogens is 1. The van der Waals surface area contributed by atoms with Crippen LogP contribution in [-0.4, -0.2) is 16.1 Å². The first kappa shape index (κ1) is 11.5. The SMILES string of the molecule is O=C(O)c1cc(F)cc(OCc2cncs2)c1. The Labute approximate surface area is 100 Å². The number of hydrogen-bond acceptors (Lipinski definition) is 4. The van der Waals surface area contributed by atoms with Gasteiger partial charge in [0.1, 0.15) is 18.2 Å². The third-order valence-electron chi connectivity index (χ3n) is 1.98. The Balaban J connectivity index is 2.13. The second kappa shape index (κ2) is 4.92. The molecule has 0 aliphatic carbocycles. The number of aromatic carboxylic acids is 1. The van der Waals surface area contributed by atoms with Gasteiger partial charge in [-0.2, -0.15) is 0 Å². The van der Waals surface area contributed by atoms with Crippen molar-refractivity contribution in [2.75, 3.05) is 0 Å². The molecule has 1 N–H and O–H groups in total. The Kier molecular flexibility index (Phi) is 3.34. The average Bonchev–Trinajstić information content (AvgIpc) is 2.78. The zero-order valence-corrected chi connectivity index (χ0v) is 9.41. The number of thiazole rings is 1. The minimum Gasteiger partial charge on any atom is -0.488 e. The van der Waals surface area contributed by atoms with Gasteiger partial charge in [-0.15, -0.1) is 11.3 Å². The molecule has 1 heterocycles. The molecule has 1 aromatic carbocycles. The van der Waals surface area contributed by atoms with E-state index in [0.717, 1.165) is 17.0 Å². The maximum absolute atomic E-state index is 13.1. The Bertz CT molecular complexity index is 528. The predicted octanol–water partition coefficient (Wildman–Crippen LogP) is 2.56. The molecule has 0 fully saturated rings. The van der Waals surface area contributed by atoms with Crippen LogP contribution in [0.2, 0.25) is 0 Å². The van der Waals surface area contributed by atoms with Crippen molar-refractivity contribution in [3.63, 3.8) is 0 Å². The molecule has 2 rings (SSSR count). The van der Waals surface area contributed by atoms with Crippen molar-refractivity contribution in [3.05, 3.63) is 46.2 Å². The molecular weight excluding hydrogens is 245 g/mol. The molecule has 0 spiro atoms. The third kappa shape index (κ3) is 3.01. The Hall–Kier alpha value is -1.95. The summed E-state index contributed by atoms with van der Waals surface area (Å²) in [5.41, 5.74) is 1.52. The second-order valence-corrected chi connectivity index (χ2v) is 4.21. The van der Waals surface area contributed by atoms with Crippen molar-refractivity contribution in [3.8, 4) is 5.75 Å². The smallest absolute Gasteiger partial charge is 0.335 e. The standard InChI is InChI=1S/C11H8FNO3S/c12-8-1-7(11(14)15)2-9(3-8)16-5-10-4-13-6-17-10/h1-4,6H,5H2,(H,14,15). The normalized spacial score (nSPS) is 10.2. The molecule has 4 nitrogen and oxygen atoms in total. The highest BCUT2D eigenvalue weighted by atomic mass is 32.1. The number of nitrogens with zero attached hydrogens (tertiary/aromatic N) is 1. The summed E-state index contributed by atoms with van der Waals surface area (Å²) < 4.78 is 18.4. The molecule has 0 aliphatic heterocycles. The van der Waals surface area contributed by atoms with Crippen molar-refractivity contribution in [2.45, 2.75) is 6.61 Å². The largest absolute Gasteiger partial charge is 0.488 e. The Morgan fingerprint density at radius 1 is 1.47 bits per heavy atom. The third-order valence-corrected chi connectivity index (χ3v) is 2.74. The molecule has 17 heavy (non-hydrogen) atoms. The highest BCUT2D eigenvalue weighted by Crippen LogP contribution is 2.18. The lowest BCUT2D eigenvalue weighted by molar-refractivity contribution is 0.0695. The van der Waals surface area contributed by atoms with E-state index < -0.39 is 11.8 Å². The summed E-state index contributed by atoms with van der Waals surface area (Å²) in [7, 11) is 0. The molecule has 0 amide bonds. The van der Waals surface area contributed by atoms with Gasteiger partial charge in [0.2, 0.25) is 0 Å². The average molecular weight is 253 g/mol. The van der Waals surface area contributed by atoms with Crippen LogP contribution in [-0.2, 0) is 6.61 Å². The van der Waals surface area contributed by atoms with E-state index in [1.807, 2.05) is 0 Å². The van der Waals surface area contributed by atoms with E-state index in [2.05, 4.69) is 4.98 Å². The zero-order chi connectivity index (χ0) is 12.3. The van der Waals surface area contributed by atoms with Crippen molar-refractivity contribution in [2.24, 2.45) is 0 Å². The molecule has 0 radical (unpaired) electrons. The van der Waals surface area contributed by atoms with Gasteiger partial charge in [0.25, 0.3) is 0 Å². The van der Waals surface area contributed by atoms with E-state index in [9.17, 15) is 9.18 Å². The maximum Gasteiger partial charge on any atom is 0.335 e. The van der Waals surface area contributed by atoms with E-state index in [4.69, 9.17) is 9.84 Å². The lowest BCUT2D eigenvalue weighted by atomic mass is 10.2. The quantitative estimate of drug-likeness (QED) is 0.909. The number of hydrogen-bond donors (Lipinski definition) is 1. The first-order valence-electron chi connectivity index (χ1n) is 4.69. The molecule has 1 aromatic heterocycles. The van der Waals surface area contributed by atoms with Gasteiger partial charge in [-0.3, -0.25) is 4.98 Å². The van der Waals surface area contributed by atoms with Crippen LogP contribution < -0.4 is 4.74 Å². The summed E-state index contributed by atoms with van der Waals surface area (Å²) in [6.45, 7) is 0.243. The van der Waals surface area contributed by atoms with E-state index in [-0.39, 0.29) is 17.9 Å². The van der Waals surface area contributed by atoms with Gasteiger partial charge in [0.15, 0.2) is 0 Å². The highest BCUT2D eigenvalue weighted by molar-refractivity contribution is 7.09. The van der Waals surface area contributed by atoms with Gasteiger partial charge in [-0.25, -0.2) is 9.18 Å². The zero-order valence-electron chi connectivity index (χ0n) is 8.59. The highest BCUT2D eigenvalue weighted by Gasteiger charge is 2.08. The Morgan fingerprint density at radius 3 is 2.94 bits per heavy atom. The number of aromatic nitrogens is 1. The van der Waals surface area contributed by atoms with Crippen LogP contribution in [0, 0.1) is 5.82 Å². The molecule has 0 aliphatic rings. The van der Waals surface area contributed by atoms with E-state index in [1.165, 1.54) is 17.4 Å². The van der Waals surface area contributed by atoms with Crippen LogP contribution in [0.1, 0.15) is 15.2 Å². The summed E-state index contributed by atoms with van der Waals surface area (Å²) in [5, 5.41) is 8.76. The minimum absolute atomic E-state index is 0.135. The first-order valence-corrected chi connectivity index (χ1v) is 5.57. The van der Waals surface area contributed by atoms with Crippen LogP contribution in [0.15, 0.2) is 29.9 Å². The second-order valence-electron chi connectivity index (χ2n) is 3.24.